The number of unbranched alkanes of at least 4 members (excludes halogenated alkanes) is 2. The number of benzene rings is 2. The molecule has 0 aliphatic heterocycles. The molecule has 2 heterocycles. The Morgan fingerprint density at radius 3 is 2.71 bits per heavy atom. The third kappa shape index (κ3) is 6.74. The summed E-state index contributed by atoms with van der Waals surface area (Å²) in [4.78, 5) is 30.2. The van der Waals surface area contributed by atoms with E-state index in [-0.39, 0.29) is 11.5 Å². The SMILES string of the molecule is COc1ccc(NC(=O)CCCCCn2c(SCc3cccc(C)c3)nc3ccsc3c2=O)cc1. The van der Waals surface area contributed by atoms with Gasteiger partial charge in [0.1, 0.15) is 10.4 Å². The van der Waals surface area contributed by atoms with Crippen molar-refractivity contribution in [2.24, 2.45) is 0 Å². The maximum Gasteiger partial charge on any atom is 0.272 e. The molecule has 2 aromatic carbocycles. The Morgan fingerprint density at radius 1 is 1.11 bits per heavy atom. The molecule has 6 nitrogen and oxygen atoms in total. The van der Waals surface area contributed by atoms with E-state index >= 15 is 0 Å². The Kier molecular flexibility index (Phi) is 8.60. The molecule has 4 rings (SSSR count). The van der Waals surface area contributed by atoms with Crippen molar-refractivity contribution in [1.82, 2.24) is 9.55 Å². The number of nitrogens with zero attached hydrogens (tertiary/aromatic N) is 2. The summed E-state index contributed by atoms with van der Waals surface area (Å²) in [7, 11) is 1.61. The lowest BCUT2D eigenvalue weighted by molar-refractivity contribution is -0.116. The summed E-state index contributed by atoms with van der Waals surface area (Å²) < 4.78 is 7.64. The van der Waals surface area contributed by atoms with Gasteiger partial charge in [-0.15, -0.1) is 11.3 Å². The first-order chi connectivity index (χ1) is 17.0. The van der Waals surface area contributed by atoms with Gasteiger partial charge in [0.25, 0.3) is 5.56 Å². The van der Waals surface area contributed by atoms with Gasteiger partial charge in [-0.3, -0.25) is 14.2 Å². The maximum atomic E-state index is 13.1. The van der Waals surface area contributed by atoms with E-state index in [1.54, 1.807) is 23.4 Å². The fourth-order valence-electron chi connectivity index (χ4n) is 3.81. The van der Waals surface area contributed by atoms with Crippen molar-refractivity contribution in [3.63, 3.8) is 0 Å². The molecule has 1 N–H and O–H groups in total. The molecule has 0 bridgehead atoms. The first-order valence-electron chi connectivity index (χ1n) is 11.6. The van der Waals surface area contributed by atoms with Gasteiger partial charge in [-0.25, -0.2) is 4.98 Å². The van der Waals surface area contributed by atoms with Crippen molar-refractivity contribution in [3.05, 3.63) is 81.5 Å². The van der Waals surface area contributed by atoms with E-state index in [1.807, 2.05) is 35.7 Å². The number of aromatic nitrogens is 2. The van der Waals surface area contributed by atoms with Gasteiger partial charge in [-0.05, 0) is 61.0 Å². The molecule has 0 aliphatic rings. The first kappa shape index (κ1) is 25.0. The molecule has 182 valence electrons. The number of hydrogen-bond acceptors (Lipinski definition) is 6. The second kappa shape index (κ2) is 12.0. The largest absolute Gasteiger partial charge is 0.497 e. The number of carbonyl (C=O) groups excluding carboxylic acids is 1. The molecule has 0 saturated heterocycles. The van der Waals surface area contributed by atoms with Crippen molar-refractivity contribution in [2.45, 2.75) is 50.1 Å². The van der Waals surface area contributed by atoms with Crippen LogP contribution in [-0.4, -0.2) is 22.6 Å². The number of thioether (sulfide) groups is 1. The number of aryl methyl sites for hydroxylation is 1. The summed E-state index contributed by atoms with van der Waals surface area (Å²) in [5.41, 5.74) is 3.97. The highest BCUT2D eigenvalue weighted by molar-refractivity contribution is 7.98. The average Bonchev–Trinajstić information content (AvgIpc) is 3.33. The Hall–Kier alpha value is -3.10. The summed E-state index contributed by atoms with van der Waals surface area (Å²) in [6.07, 6.45) is 2.87. The van der Waals surface area contributed by atoms with Gasteiger partial charge >= 0.3 is 0 Å². The number of nitrogens with one attached hydrogen (secondary N) is 1. The van der Waals surface area contributed by atoms with Crippen LogP contribution in [0.4, 0.5) is 5.69 Å². The molecule has 1 amide bonds. The maximum absolute atomic E-state index is 13.1. The second-order valence-electron chi connectivity index (χ2n) is 8.35. The number of fused-ring (bicyclic) bond motifs is 1. The molecule has 0 atom stereocenters. The fourth-order valence-corrected chi connectivity index (χ4v) is 5.56. The smallest absolute Gasteiger partial charge is 0.272 e. The van der Waals surface area contributed by atoms with E-state index in [4.69, 9.17) is 9.72 Å². The molecule has 0 saturated carbocycles. The highest BCUT2D eigenvalue weighted by Gasteiger charge is 2.13. The number of amides is 1. The second-order valence-corrected chi connectivity index (χ2v) is 10.2. The van der Waals surface area contributed by atoms with Crippen LogP contribution in [0.1, 0.15) is 36.8 Å². The van der Waals surface area contributed by atoms with E-state index in [2.05, 4.69) is 36.5 Å². The van der Waals surface area contributed by atoms with E-state index < -0.39 is 0 Å². The van der Waals surface area contributed by atoms with Crippen LogP contribution in [0.15, 0.2) is 69.9 Å². The molecule has 2 aromatic heterocycles. The summed E-state index contributed by atoms with van der Waals surface area (Å²) >= 11 is 3.04. The Balaban J connectivity index is 1.32. The van der Waals surface area contributed by atoms with Crippen LogP contribution in [0.3, 0.4) is 0 Å². The van der Waals surface area contributed by atoms with Crippen LogP contribution in [0.25, 0.3) is 10.2 Å². The standard InChI is InChI=1S/C27H29N3O3S2/c1-19-7-6-8-20(17-19)18-35-27-29-23-14-16-34-25(23)26(32)30(27)15-5-3-4-9-24(31)28-21-10-12-22(33-2)13-11-21/h6-8,10-14,16-17H,3-5,9,15,18H2,1-2H3,(H,28,31). The topological polar surface area (TPSA) is 73.2 Å². The predicted octanol–water partition coefficient (Wildman–Crippen LogP) is 6.27. The molecule has 0 unspecified atom stereocenters. The van der Waals surface area contributed by atoms with Gasteiger partial charge in [0.05, 0.1) is 12.6 Å². The highest BCUT2D eigenvalue weighted by Crippen LogP contribution is 2.25. The lowest BCUT2D eigenvalue weighted by Crippen LogP contribution is -2.22. The minimum atomic E-state index is -0.0107. The normalized spacial score (nSPS) is 11.0. The van der Waals surface area contributed by atoms with Crippen LogP contribution in [0.5, 0.6) is 5.75 Å². The van der Waals surface area contributed by atoms with Gasteiger partial charge in [0, 0.05) is 24.4 Å². The van der Waals surface area contributed by atoms with E-state index in [9.17, 15) is 9.59 Å². The number of anilines is 1. The molecular weight excluding hydrogens is 478 g/mol. The van der Waals surface area contributed by atoms with E-state index in [1.165, 1.54) is 22.5 Å². The van der Waals surface area contributed by atoms with Crippen LogP contribution in [0.2, 0.25) is 0 Å². The molecular formula is C27H29N3O3S2. The van der Waals surface area contributed by atoms with Crippen LogP contribution < -0.4 is 15.6 Å². The lowest BCUT2D eigenvalue weighted by atomic mass is 10.2. The third-order valence-electron chi connectivity index (χ3n) is 5.64. The summed E-state index contributed by atoms with van der Waals surface area (Å²) in [6, 6.07) is 17.6. The third-order valence-corrected chi connectivity index (χ3v) is 7.58. The van der Waals surface area contributed by atoms with Crippen molar-refractivity contribution in [2.75, 3.05) is 12.4 Å². The molecule has 0 spiro atoms. The monoisotopic (exact) mass is 507 g/mol. The molecule has 0 aliphatic carbocycles. The van der Waals surface area contributed by atoms with Gasteiger partial charge in [0.2, 0.25) is 5.91 Å². The van der Waals surface area contributed by atoms with Gasteiger partial charge < -0.3 is 10.1 Å². The quantitative estimate of drug-likeness (QED) is 0.147. The van der Waals surface area contributed by atoms with Crippen LogP contribution in [-0.2, 0) is 17.1 Å². The summed E-state index contributed by atoms with van der Waals surface area (Å²) in [5.74, 6) is 1.50. The lowest BCUT2D eigenvalue weighted by Gasteiger charge is -2.12. The summed E-state index contributed by atoms with van der Waals surface area (Å²) in [5, 5.41) is 5.58. The van der Waals surface area contributed by atoms with E-state index in [0.29, 0.717) is 17.7 Å². The minimum absolute atomic E-state index is 0.0107. The van der Waals surface area contributed by atoms with Crippen molar-refractivity contribution < 1.29 is 9.53 Å². The zero-order chi connectivity index (χ0) is 24.6. The first-order valence-corrected chi connectivity index (χ1v) is 13.5. The zero-order valence-electron chi connectivity index (χ0n) is 20.0. The Morgan fingerprint density at radius 2 is 1.94 bits per heavy atom. The molecule has 4 aromatic rings. The van der Waals surface area contributed by atoms with Crippen molar-refractivity contribution in [1.29, 1.82) is 0 Å². The van der Waals surface area contributed by atoms with Gasteiger partial charge in [0.15, 0.2) is 5.16 Å². The minimum Gasteiger partial charge on any atom is -0.497 e. The average molecular weight is 508 g/mol. The predicted molar refractivity (Wildman–Crippen MR) is 145 cm³/mol. The molecule has 0 radical (unpaired) electrons. The van der Waals surface area contributed by atoms with Crippen molar-refractivity contribution in [3.8, 4) is 5.75 Å². The highest BCUT2D eigenvalue weighted by atomic mass is 32.2. The number of ether oxygens (including phenoxy) is 1. The number of hydrogen-bond donors (Lipinski definition) is 1. The summed E-state index contributed by atoms with van der Waals surface area (Å²) in [6.45, 7) is 2.67. The Bertz CT molecular complexity index is 1350. The molecule has 0 fully saturated rings. The molecule has 8 heteroatoms. The van der Waals surface area contributed by atoms with E-state index in [0.717, 1.165) is 47.1 Å². The number of carbonyl (C=O) groups is 1. The van der Waals surface area contributed by atoms with Crippen LogP contribution >= 0.6 is 23.1 Å². The number of rotatable bonds is 11. The van der Waals surface area contributed by atoms with Crippen LogP contribution in [0, 0.1) is 6.92 Å². The Labute approximate surface area is 213 Å². The molecule has 35 heavy (non-hydrogen) atoms. The fraction of sp³-hybridized carbons (Fsp3) is 0.296. The zero-order valence-corrected chi connectivity index (χ0v) is 21.6. The van der Waals surface area contributed by atoms with Gasteiger partial charge in [-0.2, -0.15) is 0 Å². The number of thiophene rings is 1. The van der Waals surface area contributed by atoms with Crippen molar-refractivity contribution >= 4 is 44.9 Å². The number of methoxy groups -OCH3 is 1. The van der Waals surface area contributed by atoms with Gasteiger partial charge in [-0.1, -0.05) is 48.0 Å².